The molecule has 0 radical (unpaired) electrons. The molecular weight excluding hydrogens is 471 g/mol. The molecule has 172 valence electrons. The third-order valence-corrected chi connectivity index (χ3v) is 5.11. The maximum absolute atomic E-state index is 14.6. The highest BCUT2D eigenvalue weighted by Crippen LogP contribution is 2.81. The molecule has 2 aliphatic rings. The molecule has 2 fully saturated rings. The Labute approximate surface area is 146 Å². The largest absolute Gasteiger partial charge is 0.424 e. The normalized spacial score (nSPS) is 47.0. The van der Waals surface area contributed by atoms with E-state index in [-0.39, 0.29) is 0 Å². The van der Waals surface area contributed by atoms with Crippen molar-refractivity contribution in [3.05, 3.63) is 0 Å². The first kappa shape index (κ1) is 24.0. The van der Waals surface area contributed by atoms with Gasteiger partial charge < -0.3 is 5.11 Å². The summed E-state index contributed by atoms with van der Waals surface area (Å²) in [5.74, 6) is -40.8. The van der Waals surface area contributed by atoms with Gasteiger partial charge >= 0.3 is 35.8 Å². The molecule has 2 aliphatic carbocycles. The summed E-state index contributed by atoms with van der Waals surface area (Å²) >= 11 is 0. The first-order valence-electron chi connectivity index (χ1n) is 6.62. The Kier molecular flexibility index (Phi) is 4.13. The molecule has 0 aromatic rings. The van der Waals surface area contributed by atoms with Gasteiger partial charge in [0, 0.05) is 0 Å². The van der Waals surface area contributed by atoms with Crippen LogP contribution in [-0.2, 0) is 0 Å². The zero-order chi connectivity index (χ0) is 23.7. The molecule has 0 amide bonds. The van der Waals surface area contributed by atoms with Gasteiger partial charge in [0.2, 0.25) is 0 Å². The second kappa shape index (κ2) is 4.98. The number of aliphatic hydroxyl groups is 1. The Morgan fingerprint density at radius 1 is 0.517 bits per heavy atom. The summed E-state index contributed by atoms with van der Waals surface area (Å²) in [6.45, 7) is -4.31. The maximum atomic E-state index is 14.6. The topological polar surface area (TPSA) is 20.2 Å². The van der Waals surface area contributed by atoms with Crippen LogP contribution < -0.4 is 0 Å². The molecule has 0 saturated heterocycles. The van der Waals surface area contributed by atoms with Crippen molar-refractivity contribution >= 4 is 0 Å². The molecule has 2 saturated carbocycles. The van der Waals surface area contributed by atoms with Gasteiger partial charge in [-0.2, -0.15) is 57.1 Å². The van der Waals surface area contributed by atoms with E-state index in [1.54, 1.807) is 0 Å². The molecule has 2 atom stereocenters. The lowest BCUT2D eigenvalue weighted by Gasteiger charge is -2.67. The van der Waals surface area contributed by atoms with Crippen molar-refractivity contribution < 1.29 is 79.7 Å². The molecule has 29 heavy (non-hydrogen) atoms. The van der Waals surface area contributed by atoms with E-state index in [4.69, 9.17) is 5.11 Å². The molecule has 0 aliphatic heterocycles. The lowest BCUT2D eigenvalue weighted by atomic mass is 9.47. The van der Waals surface area contributed by atoms with Gasteiger partial charge in [-0.3, -0.25) is 0 Å². The highest BCUT2D eigenvalue weighted by molar-refractivity contribution is 5.47. The van der Waals surface area contributed by atoms with Crippen molar-refractivity contribution in [2.45, 2.75) is 58.4 Å². The van der Waals surface area contributed by atoms with Crippen molar-refractivity contribution in [3.8, 4) is 0 Å². The van der Waals surface area contributed by atoms with Crippen molar-refractivity contribution in [1.29, 1.82) is 0 Å². The molecule has 0 aromatic carbocycles. The molecular formula is C11H3F17O. The van der Waals surface area contributed by atoms with Gasteiger partial charge in [-0.05, 0) is 0 Å². The minimum absolute atomic E-state index is 4.31. The third kappa shape index (κ3) is 1.62. The highest BCUT2D eigenvalue weighted by atomic mass is 19.4. The minimum atomic E-state index is -8.28. The van der Waals surface area contributed by atoms with E-state index in [2.05, 4.69) is 0 Å². The van der Waals surface area contributed by atoms with Crippen LogP contribution >= 0.6 is 0 Å². The fraction of sp³-hybridized carbons (Fsp3) is 1.00. The highest BCUT2D eigenvalue weighted by Gasteiger charge is 3.15. The van der Waals surface area contributed by atoms with Crippen molar-refractivity contribution in [2.24, 2.45) is 0 Å². The second-order valence-corrected chi connectivity index (χ2v) is 6.33. The lowest BCUT2D eigenvalue weighted by molar-refractivity contribution is -0.567. The van der Waals surface area contributed by atoms with E-state index in [0.29, 0.717) is 0 Å². The number of hydrogen-bond donors (Lipinski definition) is 1. The summed E-state index contributed by atoms with van der Waals surface area (Å²) in [5.41, 5.74) is -31.9. The lowest BCUT2D eigenvalue weighted by Crippen LogP contribution is -3.03. The van der Waals surface area contributed by atoms with E-state index >= 15 is 0 Å². The van der Waals surface area contributed by atoms with Crippen LogP contribution in [0.15, 0.2) is 0 Å². The molecule has 1 N–H and O–H groups in total. The van der Waals surface area contributed by atoms with Gasteiger partial charge in [0.05, 0.1) is 0 Å². The zero-order valence-corrected chi connectivity index (χ0v) is 12.6. The molecule has 0 heterocycles. The van der Waals surface area contributed by atoms with E-state index in [1.807, 2.05) is 0 Å². The first-order chi connectivity index (χ1) is 12.3. The SMILES string of the molecule is OC1(C(F)(F)F)C2(F)C(F)(F)C(F)(F)C(F)(F)C1(F)C(F)(F)C(F)(CF)C2(F)F. The molecule has 2 rings (SSSR count). The van der Waals surface area contributed by atoms with Crippen LogP contribution in [0, 0.1) is 0 Å². The van der Waals surface area contributed by atoms with Crippen LogP contribution in [0.2, 0.25) is 0 Å². The van der Waals surface area contributed by atoms with Crippen molar-refractivity contribution in [3.63, 3.8) is 0 Å². The van der Waals surface area contributed by atoms with Gasteiger partial charge in [-0.25, -0.2) is 17.6 Å². The summed E-state index contributed by atoms with van der Waals surface area (Å²) < 4.78 is 232. The Morgan fingerprint density at radius 2 is 0.793 bits per heavy atom. The number of alkyl halides is 17. The summed E-state index contributed by atoms with van der Waals surface area (Å²) in [5, 5.41) is 8.99. The molecule has 2 unspecified atom stereocenters. The van der Waals surface area contributed by atoms with E-state index < -0.39 is 65.1 Å². The number of fused-ring (bicyclic) bond motifs is 2. The summed E-state index contributed by atoms with van der Waals surface area (Å²) in [4.78, 5) is 0. The van der Waals surface area contributed by atoms with E-state index in [0.717, 1.165) is 0 Å². The summed E-state index contributed by atoms with van der Waals surface area (Å²) in [6.07, 6.45) is -8.05. The van der Waals surface area contributed by atoms with Crippen LogP contribution in [0.4, 0.5) is 74.6 Å². The number of rotatable bonds is 1. The smallest absolute Gasteiger partial charge is 0.375 e. The maximum Gasteiger partial charge on any atom is 0.424 e. The van der Waals surface area contributed by atoms with E-state index in [1.165, 1.54) is 0 Å². The molecule has 0 spiro atoms. The Bertz CT molecular complexity index is 679. The molecule has 18 heteroatoms. The van der Waals surface area contributed by atoms with Crippen molar-refractivity contribution in [1.82, 2.24) is 0 Å². The fourth-order valence-corrected chi connectivity index (χ4v) is 3.47. The monoisotopic (exact) mass is 474 g/mol. The summed E-state index contributed by atoms with van der Waals surface area (Å²) in [7, 11) is 0. The zero-order valence-electron chi connectivity index (χ0n) is 12.6. The van der Waals surface area contributed by atoms with Crippen LogP contribution in [0.1, 0.15) is 0 Å². The van der Waals surface area contributed by atoms with Gasteiger partial charge in [-0.1, -0.05) is 0 Å². The van der Waals surface area contributed by atoms with Crippen LogP contribution in [0.25, 0.3) is 0 Å². The average molecular weight is 474 g/mol. The number of hydrogen-bond acceptors (Lipinski definition) is 1. The minimum Gasteiger partial charge on any atom is -0.375 e. The Hall–Kier alpha value is -1.23. The third-order valence-electron chi connectivity index (χ3n) is 5.11. The van der Waals surface area contributed by atoms with Crippen LogP contribution in [-0.4, -0.2) is 70.2 Å². The molecule has 2 bridgehead atoms. The standard InChI is InChI=1S/C11H3F17O/c12-1-2(13)6(16,17)3(14)5(29,11(26,27)28)4(15,7(2,18)19)9(22,23)10(24,25)8(3,20)21/h29H,1H2. The molecule has 1 nitrogen and oxygen atoms in total. The first-order valence-corrected chi connectivity index (χ1v) is 6.62. The summed E-state index contributed by atoms with van der Waals surface area (Å²) in [6, 6.07) is 0. The van der Waals surface area contributed by atoms with Gasteiger partial charge in [0.15, 0.2) is 0 Å². The second-order valence-electron chi connectivity index (χ2n) is 6.33. The van der Waals surface area contributed by atoms with Gasteiger partial charge in [0.1, 0.15) is 6.67 Å². The Morgan fingerprint density at radius 3 is 1.00 bits per heavy atom. The van der Waals surface area contributed by atoms with Gasteiger partial charge in [0.25, 0.3) is 22.6 Å². The van der Waals surface area contributed by atoms with Crippen LogP contribution in [0.3, 0.4) is 0 Å². The predicted molar refractivity (Wildman–Crippen MR) is 53.2 cm³/mol. The van der Waals surface area contributed by atoms with E-state index in [9.17, 15) is 74.6 Å². The van der Waals surface area contributed by atoms with Crippen LogP contribution in [0.5, 0.6) is 0 Å². The van der Waals surface area contributed by atoms with Crippen molar-refractivity contribution in [2.75, 3.05) is 6.67 Å². The number of halogens is 17. The Balaban J connectivity index is 3.35. The predicted octanol–water partition coefficient (Wildman–Crippen LogP) is 4.58. The molecule has 0 aromatic heterocycles. The quantitative estimate of drug-likeness (QED) is 0.553. The fourth-order valence-electron chi connectivity index (χ4n) is 3.47. The average Bonchev–Trinajstić information content (AvgIpc) is 2.54. The van der Waals surface area contributed by atoms with Gasteiger partial charge in [-0.15, -0.1) is 0 Å².